The molecule has 0 aliphatic carbocycles. The van der Waals surface area contributed by atoms with E-state index in [9.17, 15) is 8.78 Å². The molecule has 15 heavy (non-hydrogen) atoms. The van der Waals surface area contributed by atoms with Crippen LogP contribution >= 0.6 is 0 Å². The third kappa shape index (κ3) is 1.76. The molecule has 0 aliphatic heterocycles. The van der Waals surface area contributed by atoms with Gasteiger partial charge in [-0.25, -0.2) is 13.8 Å². The van der Waals surface area contributed by atoms with Crippen LogP contribution in [0.1, 0.15) is 0 Å². The van der Waals surface area contributed by atoms with Crippen molar-refractivity contribution < 1.29 is 8.78 Å². The Kier molecular flexibility index (Phi) is 2.29. The van der Waals surface area contributed by atoms with Crippen LogP contribution in [0.5, 0.6) is 0 Å². The number of hydrogen-bond acceptors (Lipinski definition) is 3. The zero-order valence-corrected chi connectivity index (χ0v) is 7.61. The molecular formula is C10H7F2N3. The van der Waals surface area contributed by atoms with E-state index < -0.39 is 11.6 Å². The van der Waals surface area contributed by atoms with Crippen LogP contribution < -0.4 is 5.73 Å². The molecule has 76 valence electrons. The van der Waals surface area contributed by atoms with Gasteiger partial charge in [0.25, 0.3) is 0 Å². The minimum atomic E-state index is -0.672. The van der Waals surface area contributed by atoms with E-state index in [1.54, 1.807) is 0 Å². The lowest BCUT2D eigenvalue weighted by Gasteiger charge is -2.03. The molecule has 1 heterocycles. The predicted molar refractivity (Wildman–Crippen MR) is 51.8 cm³/mol. The first-order chi connectivity index (χ1) is 7.18. The fraction of sp³-hybridized carbons (Fsp3) is 0. The first-order valence-electron chi connectivity index (χ1n) is 4.20. The van der Waals surface area contributed by atoms with E-state index in [0.717, 1.165) is 12.1 Å². The van der Waals surface area contributed by atoms with Gasteiger partial charge in [0.2, 0.25) is 0 Å². The van der Waals surface area contributed by atoms with Crippen molar-refractivity contribution in [2.75, 3.05) is 5.73 Å². The Hall–Kier alpha value is -2.04. The number of nitrogens with two attached hydrogens (primary N) is 1. The van der Waals surface area contributed by atoms with Crippen LogP contribution in [0.4, 0.5) is 14.6 Å². The van der Waals surface area contributed by atoms with Crippen molar-refractivity contribution in [2.45, 2.75) is 0 Å². The molecule has 0 atom stereocenters. The number of nitrogens with zero attached hydrogens (tertiary/aromatic N) is 2. The fourth-order valence-corrected chi connectivity index (χ4v) is 1.21. The van der Waals surface area contributed by atoms with Crippen LogP contribution in [0.15, 0.2) is 30.6 Å². The summed E-state index contributed by atoms with van der Waals surface area (Å²) in [6.07, 6.45) is 2.48. The highest BCUT2D eigenvalue weighted by molar-refractivity contribution is 5.60. The third-order valence-corrected chi connectivity index (χ3v) is 1.89. The molecule has 2 rings (SSSR count). The summed E-state index contributed by atoms with van der Waals surface area (Å²) in [5, 5.41) is 0. The minimum Gasteiger partial charge on any atom is -0.382 e. The highest BCUT2D eigenvalue weighted by Gasteiger charge is 2.11. The number of hydrogen-bond donors (Lipinski definition) is 1. The smallest absolute Gasteiger partial charge is 0.141 e. The van der Waals surface area contributed by atoms with E-state index in [1.165, 1.54) is 18.5 Å². The van der Waals surface area contributed by atoms with Gasteiger partial charge in [-0.3, -0.25) is 4.98 Å². The summed E-state index contributed by atoms with van der Waals surface area (Å²) in [5.41, 5.74) is 5.25. The summed E-state index contributed by atoms with van der Waals surface area (Å²) < 4.78 is 26.6. The van der Waals surface area contributed by atoms with Crippen molar-refractivity contribution in [1.29, 1.82) is 0 Å². The molecule has 0 bridgehead atoms. The van der Waals surface area contributed by atoms with Crippen LogP contribution in [0.25, 0.3) is 11.3 Å². The summed E-state index contributed by atoms with van der Waals surface area (Å²) in [5.74, 6) is -1.14. The fourth-order valence-electron chi connectivity index (χ4n) is 1.21. The largest absolute Gasteiger partial charge is 0.382 e. The van der Waals surface area contributed by atoms with Gasteiger partial charge in [0.15, 0.2) is 0 Å². The Morgan fingerprint density at radius 3 is 2.20 bits per heavy atom. The second-order valence-electron chi connectivity index (χ2n) is 2.92. The Morgan fingerprint density at radius 2 is 1.67 bits per heavy atom. The molecular weight excluding hydrogens is 200 g/mol. The predicted octanol–water partition coefficient (Wildman–Crippen LogP) is 2.00. The summed E-state index contributed by atoms with van der Waals surface area (Å²) in [6, 6.07) is 3.62. The van der Waals surface area contributed by atoms with E-state index >= 15 is 0 Å². The number of benzene rings is 1. The van der Waals surface area contributed by atoms with Crippen LogP contribution in [0.3, 0.4) is 0 Å². The zero-order chi connectivity index (χ0) is 10.8. The van der Waals surface area contributed by atoms with Gasteiger partial charge in [0.1, 0.15) is 17.5 Å². The molecule has 0 spiro atoms. The van der Waals surface area contributed by atoms with E-state index in [-0.39, 0.29) is 17.1 Å². The van der Waals surface area contributed by atoms with Crippen LogP contribution in [-0.4, -0.2) is 9.97 Å². The zero-order valence-electron chi connectivity index (χ0n) is 7.61. The second-order valence-corrected chi connectivity index (χ2v) is 2.92. The maximum atomic E-state index is 13.3. The number of aromatic nitrogens is 2. The normalized spacial score (nSPS) is 10.3. The highest BCUT2D eigenvalue weighted by Crippen LogP contribution is 2.23. The molecule has 2 aromatic rings. The highest BCUT2D eigenvalue weighted by atomic mass is 19.1. The third-order valence-electron chi connectivity index (χ3n) is 1.89. The monoisotopic (exact) mass is 207 g/mol. The van der Waals surface area contributed by atoms with E-state index in [2.05, 4.69) is 9.97 Å². The molecule has 0 radical (unpaired) electrons. The molecule has 0 saturated heterocycles. The summed E-state index contributed by atoms with van der Waals surface area (Å²) in [7, 11) is 0. The Bertz CT molecular complexity index is 462. The second kappa shape index (κ2) is 3.61. The van der Waals surface area contributed by atoms with Gasteiger partial charge in [-0.1, -0.05) is 6.07 Å². The Labute approximate surface area is 84.6 Å². The maximum Gasteiger partial charge on any atom is 0.141 e. The van der Waals surface area contributed by atoms with E-state index in [1.807, 2.05) is 0 Å². The van der Waals surface area contributed by atoms with Gasteiger partial charge in [-0.2, -0.15) is 0 Å². The number of anilines is 1. The average molecular weight is 207 g/mol. The van der Waals surface area contributed by atoms with Crippen molar-refractivity contribution in [3.05, 3.63) is 42.2 Å². The summed E-state index contributed by atoms with van der Waals surface area (Å²) in [6.45, 7) is 0. The van der Waals surface area contributed by atoms with Crippen molar-refractivity contribution in [2.24, 2.45) is 0 Å². The van der Waals surface area contributed by atoms with Crippen LogP contribution in [0, 0.1) is 11.6 Å². The van der Waals surface area contributed by atoms with Gasteiger partial charge in [0.05, 0.1) is 23.7 Å². The number of nitrogen functional groups attached to an aromatic ring is 1. The first kappa shape index (κ1) is 9.51. The number of halogens is 2. The van der Waals surface area contributed by atoms with Gasteiger partial charge < -0.3 is 5.73 Å². The Balaban J connectivity index is 2.58. The quantitative estimate of drug-likeness (QED) is 0.778. The lowest BCUT2D eigenvalue weighted by atomic mass is 10.1. The van der Waals surface area contributed by atoms with Gasteiger partial charge >= 0.3 is 0 Å². The van der Waals surface area contributed by atoms with Crippen molar-refractivity contribution in [3.63, 3.8) is 0 Å². The first-order valence-corrected chi connectivity index (χ1v) is 4.20. The lowest BCUT2D eigenvalue weighted by Crippen LogP contribution is -1.96. The summed E-state index contributed by atoms with van der Waals surface area (Å²) in [4.78, 5) is 7.52. The molecule has 0 amide bonds. The van der Waals surface area contributed by atoms with Crippen molar-refractivity contribution in [3.8, 4) is 11.3 Å². The minimum absolute atomic E-state index is 0.125. The standard InChI is InChI=1S/C10H7F2N3/c11-6-2-1-3-7(12)10(6)8-4-15-9(13)5-14-8/h1-5H,(H2,13,15). The van der Waals surface area contributed by atoms with Gasteiger partial charge in [-0.15, -0.1) is 0 Å². The maximum absolute atomic E-state index is 13.3. The average Bonchev–Trinajstić information content (AvgIpc) is 2.20. The molecule has 1 aromatic carbocycles. The van der Waals surface area contributed by atoms with Crippen LogP contribution in [-0.2, 0) is 0 Å². The topological polar surface area (TPSA) is 51.8 Å². The van der Waals surface area contributed by atoms with Crippen molar-refractivity contribution in [1.82, 2.24) is 9.97 Å². The molecule has 0 fully saturated rings. The molecule has 1 aromatic heterocycles. The van der Waals surface area contributed by atoms with Crippen molar-refractivity contribution >= 4 is 5.82 Å². The van der Waals surface area contributed by atoms with E-state index in [4.69, 9.17) is 5.73 Å². The van der Waals surface area contributed by atoms with Crippen LogP contribution in [0.2, 0.25) is 0 Å². The molecule has 2 N–H and O–H groups in total. The molecule has 3 nitrogen and oxygen atoms in total. The summed E-state index contributed by atoms with van der Waals surface area (Å²) >= 11 is 0. The molecule has 0 saturated carbocycles. The molecule has 5 heteroatoms. The SMILES string of the molecule is Nc1cnc(-c2c(F)cccc2F)cn1. The Morgan fingerprint density at radius 1 is 1.00 bits per heavy atom. The van der Waals surface area contributed by atoms with E-state index in [0.29, 0.717) is 0 Å². The van der Waals surface area contributed by atoms with Gasteiger partial charge in [-0.05, 0) is 12.1 Å². The molecule has 0 aliphatic rings. The number of rotatable bonds is 1. The lowest BCUT2D eigenvalue weighted by molar-refractivity contribution is 0.588. The molecule has 0 unspecified atom stereocenters. The van der Waals surface area contributed by atoms with Gasteiger partial charge in [0, 0.05) is 0 Å².